The van der Waals surface area contributed by atoms with E-state index in [4.69, 9.17) is 4.74 Å². The number of nitrogens with zero attached hydrogens (tertiary/aromatic N) is 1. The first-order valence-corrected chi connectivity index (χ1v) is 5.97. The van der Waals surface area contributed by atoms with Crippen molar-refractivity contribution in [1.82, 2.24) is 10.6 Å². The minimum Gasteiger partial charge on any atom is -0.492 e. The lowest BCUT2D eigenvalue weighted by Gasteiger charge is -2.14. The lowest BCUT2D eigenvalue weighted by Crippen LogP contribution is -2.42. The molecular weight excluding hydrogens is 360 g/mol. The molecule has 0 saturated carbocycles. The highest BCUT2D eigenvalue weighted by molar-refractivity contribution is 14.0. The standard InChI is InChI=1S/C13H20FN3O.HI/c1-10(2)17-13(15-3)16-7-8-18-12-6-4-5-11(14)9-12;/h4-6,9-10H,7-8H2,1-3H3,(H2,15,16,17);1H. The van der Waals surface area contributed by atoms with E-state index in [0.717, 1.165) is 5.96 Å². The fourth-order valence-corrected chi connectivity index (χ4v) is 1.36. The van der Waals surface area contributed by atoms with Gasteiger partial charge in [0.2, 0.25) is 0 Å². The van der Waals surface area contributed by atoms with Gasteiger partial charge in [0.1, 0.15) is 18.2 Å². The van der Waals surface area contributed by atoms with E-state index in [1.165, 1.54) is 12.1 Å². The van der Waals surface area contributed by atoms with E-state index in [-0.39, 0.29) is 29.8 Å². The first-order chi connectivity index (χ1) is 8.61. The second-order valence-corrected chi connectivity index (χ2v) is 4.10. The molecule has 0 heterocycles. The number of guanidine groups is 1. The molecule has 0 amide bonds. The molecule has 0 aliphatic carbocycles. The molecule has 1 aromatic carbocycles. The lowest BCUT2D eigenvalue weighted by atomic mass is 10.3. The molecule has 0 radical (unpaired) electrons. The smallest absolute Gasteiger partial charge is 0.191 e. The number of ether oxygens (including phenoxy) is 1. The van der Waals surface area contributed by atoms with Crippen molar-refractivity contribution in [3.05, 3.63) is 30.1 Å². The van der Waals surface area contributed by atoms with Crippen LogP contribution in [-0.2, 0) is 0 Å². The van der Waals surface area contributed by atoms with Gasteiger partial charge in [-0.25, -0.2) is 4.39 Å². The summed E-state index contributed by atoms with van der Waals surface area (Å²) in [6.45, 7) is 5.12. The van der Waals surface area contributed by atoms with E-state index in [0.29, 0.717) is 24.9 Å². The van der Waals surface area contributed by atoms with Crippen LogP contribution in [0.15, 0.2) is 29.3 Å². The number of rotatable bonds is 5. The minimum atomic E-state index is -0.294. The second-order valence-electron chi connectivity index (χ2n) is 4.10. The van der Waals surface area contributed by atoms with Gasteiger partial charge in [-0.2, -0.15) is 0 Å². The van der Waals surface area contributed by atoms with E-state index >= 15 is 0 Å². The molecule has 0 atom stereocenters. The normalized spacial score (nSPS) is 10.9. The molecule has 19 heavy (non-hydrogen) atoms. The number of hydrogen-bond acceptors (Lipinski definition) is 2. The summed E-state index contributed by atoms with van der Waals surface area (Å²) in [6, 6.07) is 6.42. The monoisotopic (exact) mass is 381 g/mol. The molecule has 0 aliphatic heterocycles. The Labute approximate surface area is 130 Å². The zero-order valence-corrected chi connectivity index (χ0v) is 13.8. The van der Waals surface area contributed by atoms with E-state index in [2.05, 4.69) is 15.6 Å². The predicted molar refractivity (Wildman–Crippen MR) is 86.9 cm³/mol. The van der Waals surface area contributed by atoms with Crippen molar-refractivity contribution in [3.8, 4) is 5.75 Å². The SMILES string of the molecule is CN=C(NCCOc1cccc(F)c1)NC(C)C.I. The Morgan fingerprint density at radius 2 is 2.16 bits per heavy atom. The summed E-state index contributed by atoms with van der Waals surface area (Å²) in [7, 11) is 1.71. The fourth-order valence-electron chi connectivity index (χ4n) is 1.36. The van der Waals surface area contributed by atoms with Crippen LogP contribution >= 0.6 is 24.0 Å². The van der Waals surface area contributed by atoms with Gasteiger partial charge in [-0.15, -0.1) is 24.0 Å². The van der Waals surface area contributed by atoms with Gasteiger partial charge in [0, 0.05) is 19.2 Å². The molecule has 0 aromatic heterocycles. The van der Waals surface area contributed by atoms with Crippen molar-refractivity contribution < 1.29 is 9.13 Å². The van der Waals surface area contributed by atoms with Crippen molar-refractivity contribution in [1.29, 1.82) is 0 Å². The maximum atomic E-state index is 12.9. The molecule has 4 nitrogen and oxygen atoms in total. The summed E-state index contributed by atoms with van der Waals surface area (Å²) in [4.78, 5) is 4.07. The Bertz CT molecular complexity index is 399. The molecule has 0 bridgehead atoms. The third-order valence-electron chi connectivity index (χ3n) is 2.11. The average Bonchev–Trinajstić information content (AvgIpc) is 2.32. The van der Waals surface area contributed by atoms with Crippen LogP contribution < -0.4 is 15.4 Å². The van der Waals surface area contributed by atoms with Gasteiger partial charge in [-0.1, -0.05) is 6.07 Å². The van der Waals surface area contributed by atoms with E-state index in [1.807, 2.05) is 13.8 Å². The van der Waals surface area contributed by atoms with Gasteiger partial charge in [0.15, 0.2) is 5.96 Å². The summed E-state index contributed by atoms with van der Waals surface area (Å²) in [5, 5.41) is 6.27. The van der Waals surface area contributed by atoms with Crippen LogP contribution in [0.1, 0.15) is 13.8 Å². The zero-order chi connectivity index (χ0) is 13.4. The highest BCUT2D eigenvalue weighted by Gasteiger charge is 1.99. The van der Waals surface area contributed by atoms with Gasteiger partial charge in [-0.3, -0.25) is 4.99 Å². The number of halogens is 2. The van der Waals surface area contributed by atoms with Crippen LogP contribution in [0.3, 0.4) is 0 Å². The summed E-state index contributed by atoms with van der Waals surface area (Å²) in [6.07, 6.45) is 0. The molecule has 0 saturated heterocycles. The maximum absolute atomic E-state index is 12.9. The summed E-state index contributed by atoms with van der Waals surface area (Å²) >= 11 is 0. The van der Waals surface area contributed by atoms with Crippen molar-refractivity contribution in [2.75, 3.05) is 20.2 Å². The first-order valence-electron chi connectivity index (χ1n) is 5.97. The molecule has 6 heteroatoms. The largest absolute Gasteiger partial charge is 0.492 e. The Hall–Kier alpha value is -1.05. The zero-order valence-electron chi connectivity index (χ0n) is 11.4. The van der Waals surface area contributed by atoms with Crippen LogP contribution in [0.2, 0.25) is 0 Å². The van der Waals surface area contributed by atoms with Crippen LogP contribution in [0.4, 0.5) is 4.39 Å². The van der Waals surface area contributed by atoms with Crippen LogP contribution in [0, 0.1) is 5.82 Å². The fraction of sp³-hybridized carbons (Fsp3) is 0.462. The topological polar surface area (TPSA) is 45.7 Å². The van der Waals surface area contributed by atoms with Crippen LogP contribution in [0.5, 0.6) is 5.75 Å². The lowest BCUT2D eigenvalue weighted by molar-refractivity contribution is 0.320. The third-order valence-corrected chi connectivity index (χ3v) is 2.11. The summed E-state index contributed by atoms with van der Waals surface area (Å²) in [5.74, 6) is 0.967. The van der Waals surface area contributed by atoms with Crippen LogP contribution in [0.25, 0.3) is 0 Å². The Morgan fingerprint density at radius 3 is 2.74 bits per heavy atom. The molecular formula is C13H21FIN3O. The Morgan fingerprint density at radius 1 is 1.42 bits per heavy atom. The van der Waals surface area contributed by atoms with Crippen molar-refractivity contribution in [2.45, 2.75) is 19.9 Å². The van der Waals surface area contributed by atoms with Gasteiger partial charge in [0.25, 0.3) is 0 Å². The van der Waals surface area contributed by atoms with Gasteiger partial charge in [-0.05, 0) is 26.0 Å². The quantitative estimate of drug-likeness (QED) is 0.356. The second kappa shape index (κ2) is 9.82. The van der Waals surface area contributed by atoms with Gasteiger partial charge in [0.05, 0.1) is 6.54 Å². The van der Waals surface area contributed by atoms with Crippen molar-refractivity contribution in [2.24, 2.45) is 4.99 Å². The van der Waals surface area contributed by atoms with Gasteiger partial charge >= 0.3 is 0 Å². The van der Waals surface area contributed by atoms with Crippen molar-refractivity contribution in [3.63, 3.8) is 0 Å². The first kappa shape index (κ1) is 17.9. The highest BCUT2D eigenvalue weighted by atomic mass is 127. The Kier molecular flexibility index (Phi) is 9.28. The molecule has 1 rings (SSSR count). The number of nitrogens with one attached hydrogen (secondary N) is 2. The minimum absolute atomic E-state index is 0. The number of benzene rings is 1. The number of hydrogen-bond donors (Lipinski definition) is 2. The molecule has 2 N–H and O–H groups in total. The molecule has 0 aliphatic rings. The van der Waals surface area contributed by atoms with Crippen LogP contribution in [-0.4, -0.2) is 32.2 Å². The highest BCUT2D eigenvalue weighted by Crippen LogP contribution is 2.11. The predicted octanol–water partition coefficient (Wildman–Crippen LogP) is 2.40. The number of aliphatic imine (C=N–C) groups is 1. The summed E-state index contributed by atoms with van der Waals surface area (Å²) in [5.41, 5.74) is 0. The Balaban J connectivity index is 0.00000324. The van der Waals surface area contributed by atoms with E-state index < -0.39 is 0 Å². The molecule has 108 valence electrons. The van der Waals surface area contributed by atoms with E-state index in [9.17, 15) is 4.39 Å². The van der Waals surface area contributed by atoms with E-state index in [1.54, 1.807) is 19.2 Å². The van der Waals surface area contributed by atoms with Crippen molar-refractivity contribution >= 4 is 29.9 Å². The molecule has 0 unspecified atom stereocenters. The third kappa shape index (κ3) is 7.86. The molecule has 0 spiro atoms. The average molecular weight is 381 g/mol. The van der Waals surface area contributed by atoms with Gasteiger partial charge < -0.3 is 15.4 Å². The molecule has 1 aromatic rings. The summed E-state index contributed by atoms with van der Waals surface area (Å²) < 4.78 is 18.3. The maximum Gasteiger partial charge on any atom is 0.191 e. The molecule has 0 fully saturated rings.